The molecule has 0 spiro atoms. The van der Waals surface area contributed by atoms with Crippen LogP contribution in [0.3, 0.4) is 0 Å². The molecule has 9 heteroatoms. The monoisotopic (exact) mass is 474 g/mol. The molecular weight excluding hydrogens is 451 g/mol. The van der Waals surface area contributed by atoms with E-state index in [9.17, 15) is 14.3 Å². The van der Waals surface area contributed by atoms with Gasteiger partial charge in [0.25, 0.3) is 5.91 Å². The summed E-state index contributed by atoms with van der Waals surface area (Å²) in [7, 11) is 2.97. The summed E-state index contributed by atoms with van der Waals surface area (Å²) < 4.78 is 29.6. The summed E-state index contributed by atoms with van der Waals surface area (Å²) in [6.07, 6.45) is -1.10. The van der Waals surface area contributed by atoms with Crippen molar-refractivity contribution in [2.24, 2.45) is 0 Å². The maximum Gasteiger partial charge on any atom is 0.251 e. The first-order valence-corrected chi connectivity index (χ1v) is 10.5. The van der Waals surface area contributed by atoms with E-state index in [4.69, 9.17) is 25.8 Å². The van der Waals surface area contributed by atoms with Gasteiger partial charge in [-0.1, -0.05) is 11.6 Å². The van der Waals surface area contributed by atoms with E-state index in [0.717, 1.165) is 0 Å². The smallest absolute Gasteiger partial charge is 0.251 e. The summed E-state index contributed by atoms with van der Waals surface area (Å²) in [5.41, 5.74) is 1.57. The second-order valence-electron chi connectivity index (χ2n) is 6.94. The lowest BCUT2D eigenvalue weighted by Gasteiger charge is -2.15. The van der Waals surface area contributed by atoms with Crippen molar-refractivity contribution in [3.63, 3.8) is 0 Å². The number of methoxy groups -OCH3 is 2. The Balaban J connectivity index is 1.76. The van der Waals surface area contributed by atoms with Crippen LogP contribution in [0.5, 0.6) is 17.2 Å². The number of carbonyl (C=O) groups excluding carboxylic acids is 1. The molecule has 1 aromatic heterocycles. The zero-order valence-corrected chi connectivity index (χ0v) is 19.1. The fraction of sp³-hybridized carbons (Fsp3) is 0.250. The third-order valence-corrected chi connectivity index (χ3v) is 5.11. The summed E-state index contributed by atoms with van der Waals surface area (Å²) in [6, 6.07) is 12.2. The highest BCUT2D eigenvalue weighted by Gasteiger charge is 2.17. The summed E-state index contributed by atoms with van der Waals surface area (Å²) in [5, 5.41) is 13.2. The maximum atomic E-state index is 13.5. The number of aliphatic hydroxyl groups is 1. The standard InChI is InChI=1S/C24H24ClFN2O5/c1-4-33-20-9-6-15(12-22(20)32-3)24(30)27-13-19(29)18-8-10-21(31-2)23(28-18)14-5-7-17(26)16(25)11-14/h5-12,19,29H,4,13H2,1-3H3,(H,27,30). The van der Waals surface area contributed by atoms with Crippen LogP contribution in [0.1, 0.15) is 29.1 Å². The number of amides is 1. The van der Waals surface area contributed by atoms with E-state index in [1.807, 2.05) is 6.92 Å². The van der Waals surface area contributed by atoms with Gasteiger partial charge in [-0.05, 0) is 55.5 Å². The van der Waals surface area contributed by atoms with Gasteiger partial charge in [-0.25, -0.2) is 9.37 Å². The number of benzene rings is 2. The van der Waals surface area contributed by atoms with E-state index in [2.05, 4.69) is 10.3 Å². The van der Waals surface area contributed by atoms with Crippen molar-refractivity contribution in [3.05, 3.63) is 70.6 Å². The summed E-state index contributed by atoms with van der Waals surface area (Å²) in [5.74, 6) is 0.453. The fourth-order valence-electron chi connectivity index (χ4n) is 3.14. The number of nitrogens with one attached hydrogen (secondary N) is 1. The van der Waals surface area contributed by atoms with E-state index in [1.54, 1.807) is 30.3 Å². The number of aromatic nitrogens is 1. The lowest BCUT2D eigenvalue weighted by atomic mass is 10.1. The highest BCUT2D eigenvalue weighted by Crippen LogP contribution is 2.32. The third-order valence-electron chi connectivity index (χ3n) is 4.82. The van der Waals surface area contributed by atoms with Gasteiger partial charge in [0.15, 0.2) is 11.5 Å². The van der Waals surface area contributed by atoms with Crippen LogP contribution < -0.4 is 19.5 Å². The molecule has 174 valence electrons. The average Bonchev–Trinajstić information content (AvgIpc) is 2.84. The van der Waals surface area contributed by atoms with E-state index in [1.165, 1.54) is 32.4 Å². The van der Waals surface area contributed by atoms with Gasteiger partial charge >= 0.3 is 0 Å². The first-order valence-electron chi connectivity index (χ1n) is 10.1. The number of rotatable bonds is 9. The molecule has 0 aliphatic rings. The largest absolute Gasteiger partial charge is 0.494 e. The van der Waals surface area contributed by atoms with Crippen molar-refractivity contribution in [3.8, 4) is 28.5 Å². The van der Waals surface area contributed by atoms with Gasteiger partial charge in [-0.15, -0.1) is 0 Å². The quantitative estimate of drug-likeness (QED) is 0.477. The van der Waals surface area contributed by atoms with Crippen molar-refractivity contribution in [1.29, 1.82) is 0 Å². The molecule has 0 bridgehead atoms. The Morgan fingerprint density at radius 2 is 1.82 bits per heavy atom. The van der Waals surface area contributed by atoms with Crippen LogP contribution in [-0.4, -0.2) is 43.4 Å². The van der Waals surface area contributed by atoms with Crippen molar-refractivity contribution < 1.29 is 28.5 Å². The molecule has 7 nitrogen and oxygen atoms in total. The maximum absolute atomic E-state index is 13.5. The van der Waals surface area contributed by atoms with Gasteiger partial charge in [-0.2, -0.15) is 0 Å². The lowest BCUT2D eigenvalue weighted by molar-refractivity contribution is 0.0913. The highest BCUT2D eigenvalue weighted by atomic mass is 35.5. The third kappa shape index (κ3) is 5.71. The molecule has 1 unspecified atom stereocenters. The number of ether oxygens (including phenoxy) is 3. The van der Waals surface area contributed by atoms with Crippen LogP contribution in [0.25, 0.3) is 11.3 Å². The number of aliphatic hydroxyl groups excluding tert-OH is 1. The molecule has 1 atom stereocenters. The Morgan fingerprint density at radius 3 is 2.48 bits per heavy atom. The van der Waals surface area contributed by atoms with Crippen molar-refractivity contribution in [1.82, 2.24) is 10.3 Å². The van der Waals surface area contributed by atoms with Gasteiger partial charge in [0.05, 0.1) is 31.5 Å². The second kappa shape index (κ2) is 11.0. The molecule has 0 fully saturated rings. The zero-order valence-electron chi connectivity index (χ0n) is 18.4. The Kier molecular flexibility index (Phi) is 8.08. The molecule has 33 heavy (non-hydrogen) atoms. The van der Waals surface area contributed by atoms with E-state index in [-0.39, 0.29) is 11.6 Å². The summed E-state index contributed by atoms with van der Waals surface area (Å²) in [4.78, 5) is 17.0. The van der Waals surface area contributed by atoms with Crippen molar-refractivity contribution in [2.75, 3.05) is 27.4 Å². The number of hydrogen-bond acceptors (Lipinski definition) is 6. The van der Waals surface area contributed by atoms with E-state index < -0.39 is 17.8 Å². The predicted octanol–water partition coefficient (Wildman–Crippen LogP) is 4.42. The molecule has 0 saturated heterocycles. The number of hydrogen-bond donors (Lipinski definition) is 2. The lowest BCUT2D eigenvalue weighted by Crippen LogP contribution is -2.28. The average molecular weight is 475 g/mol. The van der Waals surface area contributed by atoms with Crippen LogP contribution >= 0.6 is 11.6 Å². The van der Waals surface area contributed by atoms with Gasteiger partial charge in [0.2, 0.25) is 0 Å². The highest BCUT2D eigenvalue weighted by molar-refractivity contribution is 6.31. The molecule has 0 radical (unpaired) electrons. The summed E-state index contributed by atoms with van der Waals surface area (Å²) >= 11 is 5.90. The molecule has 1 heterocycles. The van der Waals surface area contributed by atoms with Crippen molar-refractivity contribution >= 4 is 17.5 Å². The van der Waals surface area contributed by atoms with E-state index >= 15 is 0 Å². The van der Waals surface area contributed by atoms with E-state index in [0.29, 0.717) is 46.4 Å². The molecule has 2 aromatic carbocycles. The van der Waals surface area contributed by atoms with Gasteiger partial charge < -0.3 is 24.6 Å². The molecule has 0 aliphatic carbocycles. The molecule has 0 aliphatic heterocycles. The minimum atomic E-state index is -1.10. The predicted molar refractivity (Wildman–Crippen MR) is 123 cm³/mol. The Hall–Kier alpha value is -3.36. The minimum absolute atomic E-state index is 0.0552. The number of carbonyl (C=O) groups is 1. The first-order chi connectivity index (χ1) is 15.9. The molecular formula is C24H24ClFN2O5. The molecule has 2 N–H and O–H groups in total. The zero-order chi connectivity index (χ0) is 24.0. The first kappa shape index (κ1) is 24.3. The SMILES string of the molecule is CCOc1ccc(C(=O)NCC(O)c2ccc(OC)c(-c3ccc(F)c(Cl)c3)n2)cc1OC. The topological polar surface area (TPSA) is 89.9 Å². The normalized spacial score (nSPS) is 11.6. The Labute approximate surface area is 196 Å². The fourth-order valence-corrected chi connectivity index (χ4v) is 3.32. The number of nitrogens with zero attached hydrogens (tertiary/aromatic N) is 1. The molecule has 3 aromatic rings. The number of halogens is 2. The second-order valence-corrected chi connectivity index (χ2v) is 7.35. The minimum Gasteiger partial charge on any atom is -0.494 e. The van der Waals surface area contributed by atoms with Crippen molar-refractivity contribution in [2.45, 2.75) is 13.0 Å². The van der Waals surface area contributed by atoms with Gasteiger partial charge in [0, 0.05) is 17.7 Å². The van der Waals surface area contributed by atoms with Crippen LogP contribution in [-0.2, 0) is 0 Å². The number of pyridine rings is 1. The summed E-state index contributed by atoms with van der Waals surface area (Å²) in [6.45, 7) is 2.23. The molecule has 3 rings (SSSR count). The van der Waals surface area contributed by atoms with Gasteiger partial charge in [-0.3, -0.25) is 4.79 Å². The molecule has 0 saturated carbocycles. The Morgan fingerprint density at radius 1 is 1.09 bits per heavy atom. The van der Waals surface area contributed by atoms with Crippen LogP contribution in [0.15, 0.2) is 48.5 Å². The van der Waals surface area contributed by atoms with Crippen LogP contribution in [0.2, 0.25) is 5.02 Å². The van der Waals surface area contributed by atoms with Crippen LogP contribution in [0.4, 0.5) is 4.39 Å². The Bertz CT molecular complexity index is 1140. The van der Waals surface area contributed by atoms with Crippen LogP contribution in [0, 0.1) is 5.82 Å². The van der Waals surface area contributed by atoms with Gasteiger partial charge in [0.1, 0.15) is 23.4 Å². The molecule has 1 amide bonds.